The highest BCUT2D eigenvalue weighted by Gasteiger charge is 2.61. The molecular formula is C14H25BO. The molecule has 2 unspecified atom stereocenters. The fourth-order valence-electron chi connectivity index (χ4n) is 4.54. The van der Waals surface area contributed by atoms with Crippen molar-refractivity contribution in [3.05, 3.63) is 0 Å². The summed E-state index contributed by atoms with van der Waals surface area (Å²) in [5.74, 6) is 3.35. The van der Waals surface area contributed by atoms with E-state index in [2.05, 4.69) is 34.6 Å². The van der Waals surface area contributed by atoms with Crippen LogP contribution in [0.5, 0.6) is 0 Å². The third kappa shape index (κ3) is 1.74. The average molecular weight is 220 g/mol. The summed E-state index contributed by atoms with van der Waals surface area (Å²) >= 11 is 0. The molecule has 2 aliphatic rings. The SMILES string of the molecule is [B][C@@H]1OC2(CC(C)C)C[C@H](C)C1[C@@H]2C(C)C. The number of fused-ring (bicyclic) bond motifs is 2. The maximum absolute atomic E-state index is 6.18. The van der Waals surface area contributed by atoms with Crippen LogP contribution >= 0.6 is 0 Å². The topological polar surface area (TPSA) is 9.23 Å². The standard InChI is InChI=1S/C14H25BO/c1-8(2)6-14-7-10(5)11(13(15)16-14)12(14)9(3)4/h8-13H,6-7H2,1-5H3/t10-,11?,12-,13+,14?/m0/s1. The minimum atomic E-state index is -0.0186. The van der Waals surface area contributed by atoms with Gasteiger partial charge in [0.05, 0.1) is 5.60 Å². The molecule has 2 radical (unpaired) electrons. The molecule has 2 bridgehead atoms. The van der Waals surface area contributed by atoms with Crippen LogP contribution in [0.3, 0.4) is 0 Å². The van der Waals surface area contributed by atoms with Crippen LogP contribution in [0, 0.1) is 29.6 Å². The van der Waals surface area contributed by atoms with E-state index < -0.39 is 0 Å². The molecule has 0 N–H and O–H groups in total. The first kappa shape index (κ1) is 12.5. The lowest BCUT2D eigenvalue weighted by Gasteiger charge is -2.36. The molecule has 0 spiro atoms. The van der Waals surface area contributed by atoms with Gasteiger partial charge in [0.2, 0.25) is 0 Å². The van der Waals surface area contributed by atoms with E-state index in [-0.39, 0.29) is 11.6 Å². The number of hydrogen-bond donors (Lipinski definition) is 0. The highest BCUT2D eigenvalue weighted by molar-refractivity contribution is 6.11. The second-order valence-corrected chi connectivity index (χ2v) is 6.77. The molecule has 0 amide bonds. The quantitative estimate of drug-likeness (QED) is 0.663. The Morgan fingerprint density at radius 1 is 1.31 bits per heavy atom. The van der Waals surface area contributed by atoms with E-state index in [1.807, 2.05) is 0 Å². The molecule has 90 valence electrons. The minimum absolute atomic E-state index is 0.0186. The van der Waals surface area contributed by atoms with Gasteiger partial charge in [-0.2, -0.15) is 0 Å². The predicted octanol–water partition coefficient (Wildman–Crippen LogP) is 3.22. The summed E-state index contributed by atoms with van der Waals surface area (Å²) in [4.78, 5) is 0. The van der Waals surface area contributed by atoms with Crippen molar-refractivity contribution in [3.8, 4) is 0 Å². The summed E-state index contributed by atoms with van der Waals surface area (Å²) in [6, 6.07) is -0.0186. The van der Waals surface area contributed by atoms with Gasteiger partial charge >= 0.3 is 0 Å². The molecule has 2 rings (SSSR count). The second kappa shape index (κ2) is 4.05. The Labute approximate surface area is 102 Å². The Hall–Kier alpha value is 0.0249. The van der Waals surface area contributed by atoms with Crippen LogP contribution in [0.25, 0.3) is 0 Å². The maximum atomic E-state index is 6.18. The summed E-state index contributed by atoms with van der Waals surface area (Å²) in [5.41, 5.74) is 0.0891. The lowest BCUT2D eigenvalue weighted by Crippen LogP contribution is -2.38. The van der Waals surface area contributed by atoms with Crippen LogP contribution in [0.4, 0.5) is 0 Å². The van der Waals surface area contributed by atoms with Gasteiger partial charge in [0.1, 0.15) is 7.85 Å². The first-order valence-corrected chi connectivity index (χ1v) is 6.81. The average Bonchev–Trinajstić information content (AvgIpc) is 2.49. The van der Waals surface area contributed by atoms with Crippen LogP contribution in [0.1, 0.15) is 47.5 Å². The molecule has 2 heteroatoms. The first-order valence-electron chi connectivity index (χ1n) is 6.81. The molecule has 1 aliphatic carbocycles. The van der Waals surface area contributed by atoms with Crippen molar-refractivity contribution < 1.29 is 4.74 Å². The van der Waals surface area contributed by atoms with Gasteiger partial charge in [0, 0.05) is 6.00 Å². The van der Waals surface area contributed by atoms with Gasteiger partial charge in [-0.25, -0.2) is 0 Å². The normalized spacial score (nSPS) is 47.2. The van der Waals surface area contributed by atoms with Gasteiger partial charge in [0.15, 0.2) is 0 Å². The Morgan fingerprint density at radius 3 is 2.38 bits per heavy atom. The largest absolute Gasteiger partial charge is 0.381 e. The first-order chi connectivity index (χ1) is 7.37. The molecule has 1 aliphatic heterocycles. The monoisotopic (exact) mass is 220 g/mol. The fourth-order valence-corrected chi connectivity index (χ4v) is 4.54. The molecule has 1 saturated carbocycles. The molecular weight excluding hydrogens is 195 g/mol. The molecule has 5 atom stereocenters. The fraction of sp³-hybridized carbons (Fsp3) is 1.00. The zero-order chi connectivity index (χ0) is 12.1. The summed E-state index contributed by atoms with van der Waals surface area (Å²) in [6.07, 6.45) is 2.39. The molecule has 0 aromatic rings. The zero-order valence-corrected chi connectivity index (χ0v) is 11.4. The molecule has 16 heavy (non-hydrogen) atoms. The van der Waals surface area contributed by atoms with E-state index in [1.165, 1.54) is 12.8 Å². The summed E-state index contributed by atoms with van der Waals surface area (Å²) in [5, 5.41) is 0. The third-order valence-electron chi connectivity index (χ3n) is 4.57. The predicted molar refractivity (Wildman–Crippen MR) is 68.4 cm³/mol. The van der Waals surface area contributed by atoms with E-state index in [0.29, 0.717) is 23.7 Å². The zero-order valence-electron chi connectivity index (χ0n) is 11.4. The van der Waals surface area contributed by atoms with Crippen LogP contribution in [-0.2, 0) is 4.74 Å². The van der Waals surface area contributed by atoms with Gasteiger partial charge in [-0.3, -0.25) is 0 Å². The van der Waals surface area contributed by atoms with Crippen LogP contribution in [0.15, 0.2) is 0 Å². The van der Waals surface area contributed by atoms with Crippen molar-refractivity contribution in [1.82, 2.24) is 0 Å². The Bertz CT molecular complexity index is 249. The van der Waals surface area contributed by atoms with E-state index in [0.717, 1.165) is 5.92 Å². The van der Waals surface area contributed by atoms with Crippen LogP contribution in [-0.4, -0.2) is 19.5 Å². The summed E-state index contributed by atoms with van der Waals surface area (Å²) < 4.78 is 6.18. The number of rotatable bonds is 3. The maximum Gasteiger partial charge on any atom is 0.109 e. The highest BCUT2D eigenvalue weighted by Crippen LogP contribution is 2.59. The second-order valence-electron chi connectivity index (χ2n) is 6.77. The van der Waals surface area contributed by atoms with Crippen molar-refractivity contribution in [2.45, 2.75) is 59.1 Å². The summed E-state index contributed by atoms with van der Waals surface area (Å²) in [6.45, 7) is 11.6. The van der Waals surface area contributed by atoms with Crippen molar-refractivity contribution in [2.24, 2.45) is 29.6 Å². The van der Waals surface area contributed by atoms with Gasteiger partial charge in [-0.1, -0.05) is 34.6 Å². The molecule has 2 fully saturated rings. The molecule has 0 aromatic heterocycles. The smallest absolute Gasteiger partial charge is 0.109 e. The number of hydrogen-bond acceptors (Lipinski definition) is 1. The molecule has 1 heterocycles. The van der Waals surface area contributed by atoms with E-state index in [9.17, 15) is 0 Å². The minimum Gasteiger partial charge on any atom is -0.381 e. The molecule has 1 saturated heterocycles. The summed E-state index contributed by atoms with van der Waals surface area (Å²) in [7, 11) is 6.18. The van der Waals surface area contributed by atoms with Crippen LogP contribution < -0.4 is 0 Å². The van der Waals surface area contributed by atoms with E-state index >= 15 is 0 Å². The van der Waals surface area contributed by atoms with Gasteiger partial charge < -0.3 is 4.74 Å². The molecule has 1 nitrogen and oxygen atoms in total. The Kier molecular flexibility index (Phi) is 3.16. The molecule has 0 aromatic carbocycles. The number of ether oxygens (including phenoxy) is 1. The van der Waals surface area contributed by atoms with Crippen molar-refractivity contribution in [3.63, 3.8) is 0 Å². The van der Waals surface area contributed by atoms with Gasteiger partial charge in [-0.05, 0) is 42.4 Å². The third-order valence-corrected chi connectivity index (χ3v) is 4.57. The van der Waals surface area contributed by atoms with Crippen molar-refractivity contribution in [1.29, 1.82) is 0 Å². The highest BCUT2D eigenvalue weighted by atomic mass is 16.5. The van der Waals surface area contributed by atoms with E-state index in [4.69, 9.17) is 12.6 Å². The lowest BCUT2D eigenvalue weighted by atomic mass is 9.72. The van der Waals surface area contributed by atoms with Gasteiger partial charge in [0.25, 0.3) is 0 Å². The van der Waals surface area contributed by atoms with Crippen LogP contribution in [0.2, 0.25) is 0 Å². The lowest BCUT2D eigenvalue weighted by molar-refractivity contribution is -0.0763. The van der Waals surface area contributed by atoms with Crippen molar-refractivity contribution >= 4 is 7.85 Å². The van der Waals surface area contributed by atoms with E-state index in [1.54, 1.807) is 0 Å². The Balaban J connectivity index is 2.28. The van der Waals surface area contributed by atoms with Gasteiger partial charge in [-0.15, -0.1) is 0 Å². The Morgan fingerprint density at radius 2 is 1.94 bits per heavy atom. The van der Waals surface area contributed by atoms with Crippen molar-refractivity contribution in [2.75, 3.05) is 0 Å².